The molecule has 0 atom stereocenters. The van der Waals surface area contributed by atoms with E-state index in [0.717, 1.165) is 27.2 Å². The maximum atomic E-state index is 13.0. The number of carboxylic acid groups (broad SMARTS) is 1. The van der Waals surface area contributed by atoms with Gasteiger partial charge in [0.1, 0.15) is 18.8 Å². The van der Waals surface area contributed by atoms with Crippen LogP contribution >= 0.6 is 0 Å². The topological polar surface area (TPSA) is 105 Å². The molecule has 0 fully saturated rings. The number of rotatable bonds is 7. The summed E-state index contributed by atoms with van der Waals surface area (Å²) in [6, 6.07) is 22.8. The van der Waals surface area contributed by atoms with Crippen molar-refractivity contribution in [3.05, 3.63) is 89.5 Å². The molecule has 0 radical (unpaired) electrons. The fourth-order valence-electron chi connectivity index (χ4n) is 4.37. The van der Waals surface area contributed by atoms with Crippen LogP contribution in [0.2, 0.25) is 0 Å². The molecule has 0 aliphatic heterocycles. The van der Waals surface area contributed by atoms with Gasteiger partial charge in [-0.05, 0) is 60.7 Å². The van der Waals surface area contributed by atoms with Crippen LogP contribution in [0.25, 0.3) is 11.1 Å². The number of carbonyl (C=O) groups excluding carboxylic acids is 2. The third-order valence-corrected chi connectivity index (χ3v) is 5.89. The quantitative estimate of drug-likeness (QED) is 0.419. The fraction of sp³-hybridized carbons (Fsp3) is 0.276. The lowest BCUT2D eigenvalue weighted by molar-refractivity contribution is -0.138. The highest BCUT2D eigenvalue weighted by Crippen LogP contribution is 2.44. The average molecular weight is 503 g/mol. The standard InChI is InChI=1S/C29H30N2O6/c1-29(2,3)37-27(34)30-20-14-12-19(13-15-20)16-31(17-26(32)33)28(35)36-18-25-23-10-6-4-8-21(23)22-9-5-7-11-24(22)25/h4-15,25H,16-18H2,1-3H3,(H,30,34)(H,32,33). The zero-order valence-electron chi connectivity index (χ0n) is 21.1. The summed E-state index contributed by atoms with van der Waals surface area (Å²) in [5, 5.41) is 12.0. The van der Waals surface area contributed by atoms with Gasteiger partial charge in [-0.1, -0.05) is 60.7 Å². The maximum Gasteiger partial charge on any atom is 0.412 e. The third-order valence-electron chi connectivity index (χ3n) is 5.89. The number of carbonyl (C=O) groups is 3. The van der Waals surface area contributed by atoms with Gasteiger partial charge in [0.2, 0.25) is 0 Å². The molecule has 3 aromatic carbocycles. The lowest BCUT2D eigenvalue weighted by Gasteiger charge is -2.22. The van der Waals surface area contributed by atoms with Crippen molar-refractivity contribution in [2.24, 2.45) is 0 Å². The van der Waals surface area contributed by atoms with E-state index in [4.69, 9.17) is 9.47 Å². The van der Waals surface area contributed by atoms with Gasteiger partial charge in [-0.2, -0.15) is 0 Å². The van der Waals surface area contributed by atoms with Crippen molar-refractivity contribution in [2.75, 3.05) is 18.5 Å². The molecule has 37 heavy (non-hydrogen) atoms. The number of hydrogen-bond acceptors (Lipinski definition) is 5. The number of aliphatic carboxylic acids is 1. The lowest BCUT2D eigenvalue weighted by Crippen LogP contribution is -2.36. The Bertz CT molecular complexity index is 1250. The minimum absolute atomic E-state index is 0.0374. The van der Waals surface area contributed by atoms with Crippen LogP contribution in [0.4, 0.5) is 15.3 Å². The summed E-state index contributed by atoms with van der Waals surface area (Å²) in [6.07, 6.45) is -1.29. The first-order chi connectivity index (χ1) is 17.6. The number of anilines is 1. The summed E-state index contributed by atoms with van der Waals surface area (Å²) in [5.41, 5.74) is 4.96. The first-order valence-electron chi connectivity index (χ1n) is 12.0. The van der Waals surface area contributed by atoms with Gasteiger partial charge in [-0.3, -0.25) is 15.0 Å². The van der Waals surface area contributed by atoms with Gasteiger partial charge in [-0.25, -0.2) is 9.59 Å². The molecule has 192 valence electrons. The summed E-state index contributed by atoms with van der Waals surface area (Å²) in [6.45, 7) is 4.95. The number of fused-ring (bicyclic) bond motifs is 3. The zero-order chi connectivity index (χ0) is 26.6. The van der Waals surface area contributed by atoms with Crippen molar-refractivity contribution in [1.82, 2.24) is 4.90 Å². The van der Waals surface area contributed by atoms with Crippen molar-refractivity contribution in [3.8, 4) is 11.1 Å². The molecule has 2 amide bonds. The molecule has 1 aliphatic rings. The highest BCUT2D eigenvalue weighted by Gasteiger charge is 2.30. The van der Waals surface area contributed by atoms with Gasteiger partial charge < -0.3 is 14.6 Å². The van der Waals surface area contributed by atoms with Crippen LogP contribution in [-0.4, -0.2) is 46.9 Å². The van der Waals surface area contributed by atoms with E-state index in [2.05, 4.69) is 5.32 Å². The van der Waals surface area contributed by atoms with Crippen molar-refractivity contribution in [3.63, 3.8) is 0 Å². The number of benzene rings is 3. The molecular formula is C29H30N2O6. The maximum absolute atomic E-state index is 13.0. The molecule has 3 aromatic rings. The third kappa shape index (κ3) is 6.46. The van der Waals surface area contributed by atoms with Crippen LogP contribution in [0.5, 0.6) is 0 Å². The molecule has 0 aromatic heterocycles. The van der Waals surface area contributed by atoms with Gasteiger partial charge in [0, 0.05) is 18.2 Å². The van der Waals surface area contributed by atoms with E-state index in [1.807, 2.05) is 48.5 Å². The summed E-state index contributed by atoms with van der Waals surface area (Å²) in [5.74, 6) is -1.27. The summed E-state index contributed by atoms with van der Waals surface area (Å²) < 4.78 is 10.9. The van der Waals surface area contributed by atoms with Crippen LogP contribution in [0.15, 0.2) is 72.8 Å². The van der Waals surface area contributed by atoms with Gasteiger partial charge in [-0.15, -0.1) is 0 Å². The highest BCUT2D eigenvalue weighted by atomic mass is 16.6. The second-order valence-corrected chi connectivity index (χ2v) is 9.88. The Morgan fingerprint density at radius 2 is 1.46 bits per heavy atom. The Kier molecular flexibility index (Phi) is 7.47. The van der Waals surface area contributed by atoms with Crippen molar-refractivity contribution in [1.29, 1.82) is 0 Å². The van der Waals surface area contributed by atoms with E-state index in [-0.39, 0.29) is 19.1 Å². The second-order valence-electron chi connectivity index (χ2n) is 9.88. The van der Waals surface area contributed by atoms with Crippen LogP contribution in [0, 0.1) is 0 Å². The predicted octanol–water partition coefficient (Wildman–Crippen LogP) is 5.87. The van der Waals surface area contributed by atoms with E-state index in [1.165, 1.54) is 0 Å². The smallest absolute Gasteiger partial charge is 0.412 e. The van der Waals surface area contributed by atoms with Crippen molar-refractivity contribution in [2.45, 2.75) is 38.8 Å². The largest absolute Gasteiger partial charge is 0.480 e. The molecule has 1 aliphatic carbocycles. The van der Waals surface area contributed by atoms with Gasteiger partial charge in [0.15, 0.2) is 0 Å². The van der Waals surface area contributed by atoms with Crippen molar-refractivity contribution < 1.29 is 29.0 Å². The van der Waals surface area contributed by atoms with Crippen LogP contribution in [0.1, 0.15) is 43.4 Å². The Morgan fingerprint density at radius 1 is 0.892 bits per heavy atom. The van der Waals surface area contributed by atoms with Gasteiger partial charge in [0.05, 0.1) is 0 Å². The Hall–Kier alpha value is -4.33. The molecule has 0 bridgehead atoms. The predicted molar refractivity (Wildman–Crippen MR) is 139 cm³/mol. The second kappa shape index (κ2) is 10.7. The Morgan fingerprint density at radius 3 is 2.00 bits per heavy atom. The van der Waals surface area contributed by atoms with Crippen LogP contribution in [0.3, 0.4) is 0 Å². The molecule has 8 heteroatoms. The number of ether oxygens (including phenoxy) is 2. The first kappa shape index (κ1) is 25.8. The van der Waals surface area contributed by atoms with E-state index in [1.54, 1.807) is 45.0 Å². The van der Waals surface area contributed by atoms with Crippen LogP contribution < -0.4 is 5.32 Å². The van der Waals surface area contributed by atoms with Gasteiger partial charge >= 0.3 is 18.2 Å². The zero-order valence-corrected chi connectivity index (χ0v) is 21.1. The van der Waals surface area contributed by atoms with Crippen molar-refractivity contribution >= 4 is 23.8 Å². The normalized spacial score (nSPS) is 12.3. The Balaban J connectivity index is 1.42. The summed E-state index contributed by atoms with van der Waals surface area (Å²) >= 11 is 0. The molecular weight excluding hydrogens is 472 g/mol. The molecule has 0 heterocycles. The lowest BCUT2D eigenvalue weighted by atomic mass is 9.98. The average Bonchev–Trinajstić information content (AvgIpc) is 3.15. The van der Waals surface area contributed by atoms with E-state index < -0.39 is 30.3 Å². The monoisotopic (exact) mass is 502 g/mol. The minimum Gasteiger partial charge on any atom is -0.480 e. The number of amides is 2. The molecule has 2 N–H and O–H groups in total. The van der Waals surface area contributed by atoms with E-state index in [9.17, 15) is 19.5 Å². The van der Waals surface area contributed by atoms with E-state index >= 15 is 0 Å². The minimum atomic E-state index is -1.14. The number of nitrogens with one attached hydrogen (secondary N) is 1. The van der Waals surface area contributed by atoms with Crippen LogP contribution in [-0.2, 0) is 20.8 Å². The number of nitrogens with zero attached hydrogens (tertiary/aromatic N) is 1. The molecule has 0 saturated carbocycles. The molecule has 4 rings (SSSR count). The molecule has 0 unspecified atom stereocenters. The molecule has 8 nitrogen and oxygen atoms in total. The Labute approximate surface area is 215 Å². The SMILES string of the molecule is CC(C)(C)OC(=O)Nc1ccc(CN(CC(=O)O)C(=O)OCC2c3ccccc3-c3ccccc32)cc1. The molecule has 0 spiro atoms. The first-order valence-corrected chi connectivity index (χ1v) is 12.0. The summed E-state index contributed by atoms with van der Waals surface area (Å²) in [7, 11) is 0. The van der Waals surface area contributed by atoms with E-state index in [0.29, 0.717) is 11.3 Å². The van der Waals surface area contributed by atoms with Gasteiger partial charge in [0.25, 0.3) is 0 Å². The summed E-state index contributed by atoms with van der Waals surface area (Å²) in [4.78, 5) is 37.6. The number of hydrogen-bond donors (Lipinski definition) is 2. The fourth-order valence-corrected chi connectivity index (χ4v) is 4.37. The molecule has 0 saturated heterocycles. The highest BCUT2D eigenvalue weighted by molar-refractivity contribution is 5.85. The number of carboxylic acids is 1.